The summed E-state index contributed by atoms with van der Waals surface area (Å²) in [6.07, 6.45) is 2.19. The second-order valence-electron chi connectivity index (χ2n) is 2.40. The molecule has 0 unspecified atom stereocenters. The Bertz CT molecular complexity index is 305. The van der Waals surface area contributed by atoms with Crippen molar-refractivity contribution in [1.82, 2.24) is 4.98 Å². The molecule has 0 bridgehead atoms. The minimum absolute atomic E-state index is 0.204. The lowest BCUT2D eigenvalue weighted by Gasteiger charge is -2.23. The third kappa shape index (κ3) is 2.07. The Morgan fingerprint density at radius 1 is 1.45 bits per heavy atom. The molecule has 11 heavy (non-hydrogen) atoms. The zero-order chi connectivity index (χ0) is 8.56. The number of pyridine rings is 1. The second-order valence-corrected chi connectivity index (χ2v) is 5.28. The molecule has 0 saturated carbocycles. The van der Waals surface area contributed by atoms with Crippen LogP contribution in [0.25, 0.3) is 0 Å². The van der Waals surface area contributed by atoms with Gasteiger partial charge in [-0.05, 0) is 12.1 Å². The molecule has 0 aliphatic rings. The van der Waals surface area contributed by atoms with E-state index in [0.717, 1.165) is 6.26 Å². The van der Waals surface area contributed by atoms with Gasteiger partial charge in [0.05, 0.1) is 0 Å². The summed E-state index contributed by atoms with van der Waals surface area (Å²) >= 11 is 0. The highest BCUT2D eigenvalue weighted by atomic mass is 32.3. The molecule has 2 N–H and O–H groups in total. The van der Waals surface area contributed by atoms with E-state index in [2.05, 4.69) is 4.98 Å². The van der Waals surface area contributed by atoms with E-state index < -0.39 is 9.63 Å². The number of hydrogen-bond acceptors (Lipinski definition) is 2. The van der Waals surface area contributed by atoms with E-state index in [1.54, 1.807) is 6.07 Å². The van der Waals surface area contributed by atoms with E-state index in [-0.39, 0.29) is 5.03 Å². The van der Waals surface area contributed by atoms with Gasteiger partial charge in [-0.25, -0.2) is 9.19 Å². The quantitative estimate of drug-likeness (QED) is 0.663. The van der Waals surface area contributed by atoms with E-state index in [1.807, 2.05) is 0 Å². The lowest BCUT2D eigenvalue weighted by Crippen LogP contribution is -2.30. The van der Waals surface area contributed by atoms with Gasteiger partial charge in [-0.3, -0.25) is 0 Å². The molecular weight excluding hydrogens is 166 g/mol. The van der Waals surface area contributed by atoms with Gasteiger partial charge in [0.15, 0.2) is 5.03 Å². The standard InChI is InChI=1S/C6H9NO3S/c1-11(8,9,10)6-4-2-3-5-7-6/h2-5H,1H3,(H2,8,9,10). The van der Waals surface area contributed by atoms with Crippen LogP contribution in [0.1, 0.15) is 0 Å². The van der Waals surface area contributed by atoms with Crippen molar-refractivity contribution in [1.29, 1.82) is 0 Å². The summed E-state index contributed by atoms with van der Waals surface area (Å²) in [4.78, 5) is 3.56. The van der Waals surface area contributed by atoms with Crippen molar-refractivity contribution < 1.29 is 13.3 Å². The first-order chi connectivity index (χ1) is 4.86. The average Bonchev–Trinajstić information content (AvgIpc) is 1.86. The predicted octanol–water partition coefficient (Wildman–Crippen LogP) is 0.836. The smallest absolute Gasteiger partial charge is 0.151 e. The first-order valence-electron chi connectivity index (χ1n) is 2.91. The summed E-state index contributed by atoms with van der Waals surface area (Å²) in [7, 11) is -4.62. The molecule has 5 heteroatoms. The number of hydrogen-bond donors (Lipinski definition) is 2. The van der Waals surface area contributed by atoms with Crippen molar-refractivity contribution in [2.45, 2.75) is 5.03 Å². The van der Waals surface area contributed by atoms with Crippen LogP contribution < -0.4 is 0 Å². The third-order valence-electron chi connectivity index (χ3n) is 1.12. The molecule has 4 nitrogen and oxygen atoms in total. The Morgan fingerprint density at radius 3 is 2.36 bits per heavy atom. The first kappa shape index (κ1) is 8.32. The maximum Gasteiger partial charge on any atom is 0.151 e. The number of aromatic nitrogens is 1. The van der Waals surface area contributed by atoms with Crippen molar-refractivity contribution >= 4 is 9.63 Å². The molecule has 1 aromatic heterocycles. The molecule has 0 radical (unpaired) electrons. The molecule has 62 valence electrons. The molecule has 0 fully saturated rings. The summed E-state index contributed by atoms with van der Waals surface area (Å²) < 4.78 is 29.0. The molecule has 0 amide bonds. The van der Waals surface area contributed by atoms with Gasteiger partial charge in [0.25, 0.3) is 0 Å². The van der Waals surface area contributed by atoms with Crippen molar-refractivity contribution in [3.05, 3.63) is 24.4 Å². The highest BCUT2D eigenvalue weighted by Gasteiger charge is 2.26. The zero-order valence-electron chi connectivity index (χ0n) is 5.97. The van der Waals surface area contributed by atoms with E-state index in [0.29, 0.717) is 0 Å². The molecule has 1 rings (SSSR count). The van der Waals surface area contributed by atoms with Crippen LogP contribution in [0.3, 0.4) is 0 Å². The van der Waals surface area contributed by atoms with Gasteiger partial charge in [0.2, 0.25) is 0 Å². The van der Waals surface area contributed by atoms with Crippen LogP contribution >= 0.6 is 0 Å². The van der Waals surface area contributed by atoms with Crippen molar-refractivity contribution in [3.8, 4) is 0 Å². The summed E-state index contributed by atoms with van der Waals surface area (Å²) in [6, 6.07) is 4.43. The highest BCUT2D eigenvalue weighted by Crippen LogP contribution is 2.21. The van der Waals surface area contributed by atoms with E-state index in [4.69, 9.17) is 9.11 Å². The Hall–Kier alpha value is -0.780. The molecule has 0 spiro atoms. The normalized spacial score (nSPS) is 15.4. The molecule has 1 aromatic rings. The molecule has 0 saturated heterocycles. The van der Waals surface area contributed by atoms with Gasteiger partial charge in [0.1, 0.15) is 9.63 Å². The van der Waals surface area contributed by atoms with Gasteiger partial charge in [-0.1, -0.05) is 6.07 Å². The zero-order valence-corrected chi connectivity index (χ0v) is 6.78. The summed E-state index contributed by atoms with van der Waals surface area (Å²) in [5.74, 6) is 0. The van der Waals surface area contributed by atoms with Crippen LogP contribution in [0.2, 0.25) is 0 Å². The SMILES string of the molecule is CS(=O)(O)(O)c1ccccn1. The van der Waals surface area contributed by atoms with Crippen LogP contribution in [0.5, 0.6) is 0 Å². The van der Waals surface area contributed by atoms with Crippen LogP contribution in [-0.4, -0.2) is 24.6 Å². The highest BCUT2D eigenvalue weighted by molar-refractivity contribution is 8.09. The van der Waals surface area contributed by atoms with Gasteiger partial charge in [-0.2, -0.15) is 0 Å². The summed E-state index contributed by atoms with van der Waals surface area (Å²) in [5.41, 5.74) is 0. The monoisotopic (exact) mass is 175 g/mol. The average molecular weight is 175 g/mol. The fraction of sp³-hybridized carbons (Fsp3) is 0.167. The van der Waals surface area contributed by atoms with E-state index in [9.17, 15) is 4.21 Å². The van der Waals surface area contributed by atoms with E-state index in [1.165, 1.54) is 18.3 Å². The molecule has 0 aliphatic carbocycles. The lowest BCUT2D eigenvalue weighted by molar-refractivity contribution is 0.394. The predicted molar refractivity (Wildman–Crippen MR) is 41.8 cm³/mol. The van der Waals surface area contributed by atoms with Crippen molar-refractivity contribution in [2.75, 3.05) is 6.26 Å². The molecule has 1 heterocycles. The minimum Gasteiger partial charge on any atom is -0.303 e. The van der Waals surface area contributed by atoms with Gasteiger partial charge < -0.3 is 9.11 Å². The van der Waals surface area contributed by atoms with Crippen molar-refractivity contribution in [3.63, 3.8) is 0 Å². The summed E-state index contributed by atoms with van der Waals surface area (Å²) in [5, 5.41) is -0.204. The Labute approximate surface area is 64.3 Å². The number of rotatable bonds is 1. The van der Waals surface area contributed by atoms with E-state index >= 15 is 0 Å². The Kier molecular flexibility index (Phi) is 1.59. The second kappa shape index (κ2) is 2.10. The Balaban J connectivity index is 3.26. The largest absolute Gasteiger partial charge is 0.303 e. The molecule has 0 aliphatic heterocycles. The fourth-order valence-corrected chi connectivity index (χ4v) is 1.32. The maximum absolute atomic E-state index is 11.0. The van der Waals surface area contributed by atoms with Gasteiger partial charge in [0, 0.05) is 12.5 Å². The third-order valence-corrected chi connectivity index (χ3v) is 2.32. The lowest BCUT2D eigenvalue weighted by atomic mass is 10.5. The molecule has 0 atom stereocenters. The molecule has 0 aromatic carbocycles. The van der Waals surface area contributed by atoms with Crippen LogP contribution in [-0.2, 0) is 9.63 Å². The summed E-state index contributed by atoms with van der Waals surface area (Å²) in [6.45, 7) is 0. The van der Waals surface area contributed by atoms with Crippen LogP contribution in [0.4, 0.5) is 0 Å². The molecular formula is C6H9NO3S. The topological polar surface area (TPSA) is 70.4 Å². The van der Waals surface area contributed by atoms with Crippen LogP contribution in [0.15, 0.2) is 29.4 Å². The number of nitrogens with zero attached hydrogens (tertiary/aromatic N) is 1. The van der Waals surface area contributed by atoms with Gasteiger partial charge >= 0.3 is 0 Å². The van der Waals surface area contributed by atoms with Crippen LogP contribution in [0, 0.1) is 0 Å². The minimum atomic E-state index is -4.62. The Morgan fingerprint density at radius 2 is 2.09 bits per heavy atom. The fourth-order valence-electron chi connectivity index (χ4n) is 0.625. The van der Waals surface area contributed by atoms with Gasteiger partial charge in [-0.15, -0.1) is 0 Å². The maximum atomic E-state index is 11.0. The first-order valence-corrected chi connectivity index (χ1v) is 5.20. The van der Waals surface area contributed by atoms with Crippen molar-refractivity contribution in [2.24, 2.45) is 0 Å².